The summed E-state index contributed by atoms with van der Waals surface area (Å²) in [6, 6.07) is 15.8. The smallest absolute Gasteiger partial charge is 0.258 e. The Morgan fingerprint density at radius 3 is 2.41 bits per heavy atom. The number of alkyl halides is 1. The topological polar surface area (TPSA) is 64.5 Å². The minimum Gasteiger partial charge on any atom is -0.481 e. The van der Waals surface area contributed by atoms with E-state index in [0.717, 1.165) is 0 Å². The Morgan fingerprint density at radius 1 is 1.00 bits per heavy atom. The van der Waals surface area contributed by atoms with Gasteiger partial charge in [-0.1, -0.05) is 24.3 Å². The lowest BCUT2D eigenvalue weighted by atomic mass is 10.2. The van der Waals surface area contributed by atoms with Crippen molar-refractivity contribution in [3.63, 3.8) is 0 Å². The molecule has 27 heavy (non-hydrogen) atoms. The van der Waals surface area contributed by atoms with E-state index in [1.165, 1.54) is 12.0 Å². The van der Waals surface area contributed by atoms with Crippen LogP contribution in [0.1, 0.15) is 5.56 Å². The number of halogens is 1. The fourth-order valence-electron chi connectivity index (χ4n) is 2.54. The molecule has 0 aliphatic carbocycles. The summed E-state index contributed by atoms with van der Waals surface area (Å²) in [6.45, 7) is -1.08. The van der Waals surface area contributed by atoms with Crippen molar-refractivity contribution in [2.45, 2.75) is 6.54 Å². The summed E-state index contributed by atoms with van der Waals surface area (Å²) in [5, 5.41) is 0. The molecule has 0 bridgehead atoms. The van der Waals surface area contributed by atoms with Gasteiger partial charge in [-0.25, -0.2) is 14.4 Å². The van der Waals surface area contributed by atoms with Crippen molar-refractivity contribution in [1.29, 1.82) is 0 Å². The molecule has 6 nitrogen and oxygen atoms in total. The predicted molar refractivity (Wildman–Crippen MR) is 98.7 cm³/mol. The average molecular weight is 367 g/mol. The maximum Gasteiger partial charge on any atom is 0.258 e. The molecule has 138 valence electrons. The molecule has 0 spiro atoms. The lowest BCUT2D eigenvalue weighted by Gasteiger charge is -2.24. The van der Waals surface area contributed by atoms with Crippen LogP contribution in [0.25, 0.3) is 0 Å². The van der Waals surface area contributed by atoms with Crippen molar-refractivity contribution in [3.8, 4) is 17.5 Å². The molecular formula is C20H18FN3O3. The maximum absolute atomic E-state index is 13.3. The van der Waals surface area contributed by atoms with Crippen molar-refractivity contribution in [2.75, 3.05) is 18.7 Å². The van der Waals surface area contributed by atoms with Crippen LogP contribution in [0.15, 0.2) is 67.0 Å². The highest BCUT2D eigenvalue weighted by Crippen LogP contribution is 2.32. The van der Waals surface area contributed by atoms with Crippen LogP contribution in [0, 0.1) is 0 Å². The highest BCUT2D eigenvalue weighted by molar-refractivity contribution is 5.95. The van der Waals surface area contributed by atoms with E-state index in [4.69, 9.17) is 9.47 Å². The third-order valence-electron chi connectivity index (χ3n) is 3.79. The average Bonchev–Trinajstić information content (AvgIpc) is 2.73. The number of carbonyl (C=O) groups is 1. The van der Waals surface area contributed by atoms with Gasteiger partial charge >= 0.3 is 0 Å². The zero-order chi connectivity index (χ0) is 19.1. The van der Waals surface area contributed by atoms with Crippen LogP contribution in [0.2, 0.25) is 0 Å². The van der Waals surface area contributed by atoms with Gasteiger partial charge in [-0.05, 0) is 30.3 Å². The first-order valence-corrected chi connectivity index (χ1v) is 8.25. The second-order valence-electron chi connectivity index (χ2n) is 5.53. The van der Waals surface area contributed by atoms with Crippen LogP contribution >= 0.6 is 0 Å². The summed E-state index contributed by atoms with van der Waals surface area (Å²) in [6.07, 6.45) is 3.13. The quantitative estimate of drug-likeness (QED) is 0.636. The molecule has 3 rings (SSSR count). The number of ether oxygens (including phenoxy) is 2. The molecule has 1 aromatic carbocycles. The molecule has 3 aromatic rings. The van der Waals surface area contributed by atoms with Crippen LogP contribution in [0.5, 0.6) is 17.5 Å². The number of para-hydroxylation sites is 1. The zero-order valence-corrected chi connectivity index (χ0v) is 14.7. The van der Waals surface area contributed by atoms with Crippen LogP contribution in [-0.4, -0.2) is 29.7 Å². The number of benzene rings is 1. The molecule has 0 atom stereocenters. The summed E-state index contributed by atoms with van der Waals surface area (Å²) < 4.78 is 24.3. The summed E-state index contributed by atoms with van der Waals surface area (Å²) in [4.78, 5) is 21.9. The van der Waals surface area contributed by atoms with Gasteiger partial charge in [0.1, 0.15) is 11.4 Å². The number of methoxy groups -OCH3 is 1. The molecule has 0 N–H and O–H groups in total. The molecule has 0 aliphatic rings. The number of aromatic nitrogens is 2. The standard InChI is InChI=1S/C20H18FN3O3/c1-26-19-15(7-5-11-22-19)14-24(18(25)13-21)17-10-6-12-23-20(17)27-16-8-3-2-4-9-16/h2-12H,13-14H2,1H3. The Hall–Kier alpha value is -3.48. The first-order valence-electron chi connectivity index (χ1n) is 8.25. The third-order valence-corrected chi connectivity index (χ3v) is 3.79. The number of nitrogens with zero attached hydrogens (tertiary/aromatic N) is 3. The van der Waals surface area contributed by atoms with Crippen LogP contribution in [0.3, 0.4) is 0 Å². The molecule has 2 aromatic heterocycles. The summed E-state index contributed by atoms with van der Waals surface area (Å²) >= 11 is 0. The van der Waals surface area contributed by atoms with E-state index >= 15 is 0 Å². The van der Waals surface area contributed by atoms with Gasteiger partial charge in [0, 0.05) is 18.0 Å². The summed E-state index contributed by atoms with van der Waals surface area (Å²) in [5.74, 6) is 0.410. The predicted octanol–water partition coefficient (Wildman–Crippen LogP) is 3.78. The number of pyridine rings is 2. The Balaban J connectivity index is 1.97. The first kappa shape index (κ1) is 18.3. The van der Waals surface area contributed by atoms with Gasteiger partial charge in [0.2, 0.25) is 11.8 Å². The molecule has 0 aliphatic heterocycles. The molecule has 0 radical (unpaired) electrons. The molecular weight excluding hydrogens is 349 g/mol. The van der Waals surface area contributed by atoms with E-state index in [1.54, 1.807) is 48.8 Å². The highest BCUT2D eigenvalue weighted by atomic mass is 19.1. The fraction of sp³-hybridized carbons (Fsp3) is 0.150. The van der Waals surface area contributed by atoms with Crippen LogP contribution in [0.4, 0.5) is 10.1 Å². The largest absolute Gasteiger partial charge is 0.481 e. The van der Waals surface area contributed by atoms with Crippen LogP contribution < -0.4 is 14.4 Å². The van der Waals surface area contributed by atoms with Gasteiger partial charge in [-0.3, -0.25) is 4.79 Å². The first-order chi connectivity index (χ1) is 13.2. The van der Waals surface area contributed by atoms with Gasteiger partial charge in [-0.15, -0.1) is 0 Å². The minimum atomic E-state index is -1.15. The van der Waals surface area contributed by atoms with Gasteiger partial charge in [0.25, 0.3) is 5.91 Å². The second kappa shape index (κ2) is 8.75. The molecule has 0 unspecified atom stereocenters. The number of rotatable bonds is 7. The molecule has 2 heterocycles. The second-order valence-corrected chi connectivity index (χ2v) is 5.53. The van der Waals surface area contributed by atoms with E-state index in [-0.39, 0.29) is 12.4 Å². The summed E-state index contributed by atoms with van der Waals surface area (Å²) in [7, 11) is 1.49. The zero-order valence-electron chi connectivity index (χ0n) is 14.7. The lowest BCUT2D eigenvalue weighted by Crippen LogP contribution is -2.32. The van der Waals surface area contributed by atoms with Gasteiger partial charge in [0.15, 0.2) is 6.67 Å². The molecule has 7 heteroatoms. The van der Waals surface area contributed by atoms with E-state index in [2.05, 4.69) is 9.97 Å². The highest BCUT2D eigenvalue weighted by Gasteiger charge is 2.22. The summed E-state index contributed by atoms with van der Waals surface area (Å²) in [5.41, 5.74) is 0.992. The van der Waals surface area contributed by atoms with Gasteiger partial charge in [0.05, 0.1) is 13.7 Å². The number of hydrogen-bond acceptors (Lipinski definition) is 5. The number of carbonyl (C=O) groups excluding carboxylic acids is 1. The number of anilines is 1. The van der Waals surface area contributed by atoms with Gasteiger partial charge in [-0.2, -0.15) is 0 Å². The SMILES string of the molecule is COc1ncccc1CN(C(=O)CF)c1cccnc1Oc1ccccc1. The number of amides is 1. The normalized spacial score (nSPS) is 10.3. The number of hydrogen-bond donors (Lipinski definition) is 0. The minimum absolute atomic E-state index is 0.0661. The van der Waals surface area contributed by atoms with Crippen molar-refractivity contribution in [1.82, 2.24) is 9.97 Å². The Labute approximate surface area is 156 Å². The van der Waals surface area contributed by atoms with E-state index in [9.17, 15) is 9.18 Å². The maximum atomic E-state index is 13.3. The van der Waals surface area contributed by atoms with E-state index in [0.29, 0.717) is 22.9 Å². The van der Waals surface area contributed by atoms with Gasteiger partial charge < -0.3 is 14.4 Å². The lowest BCUT2D eigenvalue weighted by molar-refractivity contribution is -0.119. The molecule has 0 saturated carbocycles. The van der Waals surface area contributed by atoms with Crippen molar-refractivity contribution < 1.29 is 18.7 Å². The Bertz CT molecular complexity index is 906. The Morgan fingerprint density at radius 2 is 1.70 bits per heavy atom. The third kappa shape index (κ3) is 4.38. The Kier molecular flexibility index (Phi) is 5.94. The molecule has 0 saturated heterocycles. The van der Waals surface area contributed by atoms with Crippen molar-refractivity contribution in [3.05, 3.63) is 72.6 Å². The molecule has 0 fully saturated rings. The van der Waals surface area contributed by atoms with E-state index in [1.807, 2.05) is 18.2 Å². The van der Waals surface area contributed by atoms with Crippen molar-refractivity contribution in [2.24, 2.45) is 0 Å². The van der Waals surface area contributed by atoms with Crippen LogP contribution in [-0.2, 0) is 11.3 Å². The monoisotopic (exact) mass is 367 g/mol. The van der Waals surface area contributed by atoms with E-state index < -0.39 is 12.6 Å². The fourth-order valence-corrected chi connectivity index (χ4v) is 2.54. The molecule has 1 amide bonds. The van der Waals surface area contributed by atoms with Crippen molar-refractivity contribution >= 4 is 11.6 Å².